The fourth-order valence-electron chi connectivity index (χ4n) is 2.09. The van der Waals surface area contributed by atoms with E-state index in [0.717, 1.165) is 5.69 Å². The molecule has 0 aliphatic rings. The normalized spacial score (nSPS) is 11.1. The van der Waals surface area contributed by atoms with Crippen molar-refractivity contribution in [3.8, 4) is 0 Å². The summed E-state index contributed by atoms with van der Waals surface area (Å²) in [6.45, 7) is 4.06. The molecule has 2 aromatic carbocycles. The van der Waals surface area contributed by atoms with E-state index in [9.17, 15) is 9.18 Å². The van der Waals surface area contributed by atoms with Crippen LogP contribution in [-0.2, 0) is 0 Å². The van der Waals surface area contributed by atoms with Gasteiger partial charge in [-0.05, 0) is 54.0 Å². The minimum absolute atomic E-state index is 0.0578. The van der Waals surface area contributed by atoms with E-state index in [1.54, 1.807) is 18.3 Å². The molecule has 22 heavy (non-hydrogen) atoms. The Morgan fingerprint density at radius 1 is 1.14 bits per heavy atom. The van der Waals surface area contributed by atoms with Crippen LogP contribution in [0.25, 0.3) is 0 Å². The first kappa shape index (κ1) is 16.4. The SMILES string of the molecule is CC(C)N(C=CC(=O)c1cccc(Br)c1F)c1ccccc1. The van der Waals surface area contributed by atoms with Crippen molar-refractivity contribution in [2.45, 2.75) is 19.9 Å². The topological polar surface area (TPSA) is 20.3 Å². The molecule has 0 spiro atoms. The average Bonchev–Trinajstić information content (AvgIpc) is 2.50. The average molecular weight is 362 g/mol. The zero-order valence-electron chi connectivity index (χ0n) is 12.5. The van der Waals surface area contributed by atoms with Gasteiger partial charge in [0.05, 0.1) is 10.0 Å². The van der Waals surface area contributed by atoms with E-state index in [-0.39, 0.29) is 21.9 Å². The Bertz CT molecular complexity index is 683. The minimum atomic E-state index is -0.534. The maximum atomic E-state index is 13.9. The Morgan fingerprint density at radius 2 is 1.82 bits per heavy atom. The molecule has 2 nitrogen and oxygen atoms in total. The van der Waals surface area contributed by atoms with Crippen LogP contribution in [-0.4, -0.2) is 11.8 Å². The summed E-state index contributed by atoms with van der Waals surface area (Å²) in [6, 6.07) is 14.6. The van der Waals surface area contributed by atoms with Gasteiger partial charge in [0, 0.05) is 24.0 Å². The highest BCUT2D eigenvalue weighted by atomic mass is 79.9. The van der Waals surface area contributed by atoms with Gasteiger partial charge >= 0.3 is 0 Å². The number of para-hydroxylation sites is 1. The zero-order valence-corrected chi connectivity index (χ0v) is 14.0. The third-order valence-corrected chi connectivity index (χ3v) is 3.83. The first-order valence-electron chi connectivity index (χ1n) is 7.00. The first-order valence-corrected chi connectivity index (χ1v) is 7.80. The maximum Gasteiger partial charge on any atom is 0.190 e. The van der Waals surface area contributed by atoms with Crippen molar-refractivity contribution < 1.29 is 9.18 Å². The molecule has 0 radical (unpaired) electrons. The van der Waals surface area contributed by atoms with Crippen molar-refractivity contribution in [3.63, 3.8) is 0 Å². The molecule has 0 atom stereocenters. The van der Waals surface area contributed by atoms with Crippen molar-refractivity contribution in [3.05, 3.63) is 76.7 Å². The molecule has 0 aliphatic carbocycles. The summed E-state index contributed by atoms with van der Waals surface area (Å²) in [5, 5.41) is 0. The number of carbonyl (C=O) groups is 1. The van der Waals surface area contributed by atoms with Gasteiger partial charge in [0.2, 0.25) is 0 Å². The summed E-state index contributed by atoms with van der Waals surface area (Å²) in [7, 11) is 0. The molecule has 0 aromatic heterocycles. The highest BCUT2D eigenvalue weighted by Crippen LogP contribution is 2.20. The smallest absolute Gasteiger partial charge is 0.190 e. The molecule has 114 valence electrons. The number of halogens is 2. The molecule has 2 aromatic rings. The van der Waals surface area contributed by atoms with E-state index in [2.05, 4.69) is 15.9 Å². The fraction of sp³-hybridized carbons (Fsp3) is 0.167. The van der Waals surface area contributed by atoms with Crippen LogP contribution in [0.4, 0.5) is 10.1 Å². The molecular formula is C18H17BrFNO. The van der Waals surface area contributed by atoms with Crippen LogP contribution >= 0.6 is 15.9 Å². The summed E-state index contributed by atoms with van der Waals surface area (Å²) in [4.78, 5) is 14.2. The van der Waals surface area contributed by atoms with Gasteiger partial charge in [-0.25, -0.2) is 4.39 Å². The summed E-state index contributed by atoms with van der Waals surface area (Å²) in [5.74, 6) is -0.895. The third kappa shape index (κ3) is 3.83. The van der Waals surface area contributed by atoms with Gasteiger partial charge in [0.1, 0.15) is 5.82 Å². The molecule has 0 fully saturated rings. The lowest BCUT2D eigenvalue weighted by Crippen LogP contribution is -2.24. The van der Waals surface area contributed by atoms with Crippen molar-refractivity contribution in [1.29, 1.82) is 0 Å². The Labute approximate surface area is 138 Å². The van der Waals surface area contributed by atoms with Crippen LogP contribution < -0.4 is 4.90 Å². The third-order valence-electron chi connectivity index (χ3n) is 3.21. The van der Waals surface area contributed by atoms with Crippen molar-refractivity contribution >= 4 is 27.4 Å². The monoisotopic (exact) mass is 361 g/mol. The molecule has 0 unspecified atom stereocenters. The highest BCUT2D eigenvalue weighted by molar-refractivity contribution is 9.10. The molecule has 0 N–H and O–H groups in total. The van der Waals surface area contributed by atoms with E-state index in [1.165, 1.54) is 12.1 Å². The van der Waals surface area contributed by atoms with Crippen LogP contribution in [0, 0.1) is 5.82 Å². The summed E-state index contributed by atoms with van der Waals surface area (Å²) in [6.07, 6.45) is 3.10. The van der Waals surface area contributed by atoms with E-state index in [0.29, 0.717) is 0 Å². The molecular weight excluding hydrogens is 345 g/mol. The second-order valence-electron chi connectivity index (χ2n) is 5.12. The number of carbonyl (C=O) groups excluding carboxylic acids is 1. The molecule has 0 bridgehead atoms. The van der Waals surface area contributed by atoms with Gasteiger partial charge in [-0.2, -0.15) is 0 Å². The first-order chi connectivity index (χ1) is 10.5. The van der Waals surface area contributed by atoms with E-state index in [4.69, 9.17) is 0 Å². The maximum absolute atomic E-state index is 13.9. The largest absolute Gasteiger partial charge is 0.345 e. The number of allylic oxidation sites excluding steroid dienone is 1. The molecule has 0 saturated carbocycles. The Morgan fingerprint density at radius 3 is 2.45 bits per heavy atom. The zero-order chi connectivity index (χ0) is 16.1. The predicted octanol–water partition coefficient (Wildman–Crippen LogP) is 5.20. The van der Waals surface area contributed by atoms with Gasteiger partial charge in [0.15, 0.2) is 5.78 Å². The lowest BCUT2D eigenvalue weighted by atomic mass is 10.1. The predicted molar refractivity (Wildman–Crippen MR) is 91.6 cm³/mol. The molecule has 0 heterocycles. The van der Waals surface area contributed by atoms with Gasteiger partial charge in [0.25, 0.3) is 0 Å². The molecule has 0 saturated heterocycles. The summed E-state index contributed by atoms with van der Waals surface area (Å²) < 4.78 is 14.2. The fourth-order valence-corrected chi connectivity index (χ4v) is 2.45. The lowest BCUT2D eigenvalue weighted by molar-refractivity contribution is 0.104. The van der Waals surface area contributed by atoms with Crippen LogP contribution in [0.1, 0.15) is 24.2 Å². The quantitative estimate of drug-likeness (QED) is 0.538. The van der Waals surface area contributed by atoms with Gasteiger partial charge in [-0.1, -0.05) is 24.3 Å². The van der Waals surface area contributed by atoms with Crippen molar-refractivity contribution in [2.75, 3.05) is 4.90 Å². The van der Waals surface area contributed by atoms with Gasteiger partial charge in [-0.3, -0.25) is 4.79 Å². The second kappa shape index (κ2) is 7.36. The lowest BCUT2D eigenvalue weighted by Gasteiger charge is -2.24. The number of ketones is 1. The molecule has 0 amide bonds. The Kier molecular flexibility index (Phi) is 5.50. The molecule has 0 aliphatic heterocycles. The molecule has 4 heteroatoms. The minimum Gasteiger partial charge on any atom is -0.345 e. The Balaban J connectivity index is 2.25. The summed E-state index contributed by atoms with van der Waals surface area (Å²) >= 11 is 3.09. The van der Waals surface area contributed by atoms with Crippen LogP contribution in [0.2, 0.25) is 0 Å². The van der Waals surface area contributed by atoms with E-state index >= 15 is 0 Å². The van der Waals surface area contributed by atoms with Gasteiger partial charge < -0.3 is 4.90 Å². The number of benzene rings is 2. The van der Waals surface area contributed by atoms with E-state index < -0.39 is 5.82 Å². The van der Waals surface area contributed by atoms with Gasteiger partial charge in [-0.15, -0.1) is 0 Å². The number of rotatable bonds is 5. The van der Waals surface area contributed by atoms with Crippen molar-refractivity contribution in [2.24, 2.45) is 0 Å². The van der Waals surface area contributed by atoms with Crippen LogP contribution in [0.5, 0.6) is 0 Å². The number of anilines is 1. The number of hydrogen-bond donors (Lipinski definition) is 0. The second-order valence-corrected chi connectivity index (χ2v) is 5.97. The molecule has 2 rings (SSSR count). The Hall–Kier alpha value is -1.94. The van der Waals surface area contributed by atoms with Crippen LogP contribution in [0.15, 0.2) is 65.3 Å². The number of nitrogens with zero attached hydrogens (tertiary/aromatic N) is 1. The van der Waals surface area contributed by atoms with E-state index in [1.807, 2.05) is 49.1 Å². The highest BCUT2D eigenvalue weighted by Gasteiger charge is 2.13. The van der Waals surface area contributed by atoms with Crippen molar-refractivity contribution in [1.82, 2.24) is 0 Å². The summed E-state index contributed by atoms with van der Waals surface area (Å²) in [5.41, 5.74) is 1.04. The number of hydrogen-bond acceptors (Lipinski definition) is 2. The standard InChI is InChI=1S/C18H17BrFNO/c1-13(2)21(14-7-4-3-5-8-14)12-11-17(22)15-9-6-10-16(19)18(15)20/h3-13H,1-2H3. The van der Waals surface area contributed by atoms with Crippen LogP contribution in [0.3, 0.4) is 0 Å².